The SMILES string of the molecule is COc1ccccc1Oc1nc2c(C)cccn2c(=O)c1/C=C1\SC(=S)N(C)C1=O. The van der Waals surface area contributed by atoms with E-state index >= 15 is 0 Å². The molecule has 0 N–H and O–H groups in total. The minimum absolute atomic E-state index is 0.0835. The van der Waals surface area contributed by atoms with Gasteiger partial charge in [-0.25, -0.2) is 0 Å². The standard InChI is InChI=1S/C21H17N3O4S2/c1-12-7-6-10-24-17(12)22-18(28-15-9-5-4-8-14(15)27-3)13(19(24)25)11-16-20(26)23(2)21(29)30-16/h4-11H,1-3H3/b16-11-. The average molecular weight is 440 g/mol. The number of aryl methyl sites for hydroxylation is 1. The Bertz CT molecular complexity index is 1280. The number of ether oxygens (including phenoxy) is 2. The monoisotopic (exact) mass is 439 g/mol. The van der Waals surface area contributed by atoms with Crippen molar-refractivity contribution in [3.63, 3.8) is 0 Å². The molecule has 1 amide bonds. The Balaban J connectivity index is 1.95. The number of amides is 1. The van der Waals surface area contributed by atoms with E-state index in [1.54, 1.807) is 37.5 Å². The van der Waals surface area contributed by atoms with Gasteiger partial charge in [-0.3, -0.25) is 18.9 Å². The molecule has 1 aliphatic heterocycles. The van der Waals surface area contributed by atoms with Crippen molar-refractivity contribution in [2.45, 2.75) is 6.92 Å². The van der Waals surface area contributed by atoms with E-state index < -0.39 is 0 Å². The number of benzene rings is 1. The van der Waals surface area contributed by atoms with Gasteiger partial charge in [-0.05, 0) is 36.8 Å². The zero-order valence-electron chi connectivity index (χ0n) is 16.4. The fraction of sp³-hybridized carbons (Fsp3) is 0.143. The topological polar surface area (TPSA) is 73.1 Å². The summed E-state index contributed by atoms with van der Waals surface area (Å²) in [5.74, 6) is 0.708. The molecule has 4 rings (SSSR count). The van der Waals surface area contributed by atoms with Gasteiger partial charge in [0, 0.05) is 13.2 Å². The van der Waals surface area contributed by atoms with Gasteiger partial charge < -0.3 is 9.47 Å². The van der Waals surface area contributed by atoms with E-state index in [4.69, 9.17) is 21.7 Å². The van der Waals surface area contributed by atoms with Crippen LogP contribution in [-0.4, -0.2) is 38.7 Å². The van der Waals surface area contributed by atoms with Crippen LogP contribution < -0.4 is 15.0 Å². The maximum atomic E-state index is 13.3. The van der Waals surface area contributed by atoms with Crippen LogP contribution >= 0.6 is 24.0 Å². The summed E-state index contributed by atoms with van der Waals surface area (Å²) in [6.07, 6.45) is 3.12. The normalized spacial score (nSPS) is 15.3. The number of pyridine rings is 1. The summed E-state index contributed by atoms with van der Waals surface area (Å²) >= 11 is 6.32. The molecule has 1 saturated heterocycles. The number of aromatic nitrogens is 2. The van der Waals surface area contributed by atoms with Crippen LogP contribution in [0.5, 0.6) is 17.4 Å². The highest BCUT2D eigenvalue weighted by atomic mass is 32.2. The molecule has 3 heterocycles. The van der Waals surface area contributed by atoms with E-state index in [2.05, 4.69) is 4.98 Å². The highest BCUT2D eigenvalue weighted by Gasteiger charge is 2.30. The molecule has 0 bridgehead atoms. The molecule has 0 atom stereocenters. The Morgan fingerprint density at radius 3 is 2.53 bits per heavy atom. The maximum Gasteiger partial charge on any atom is 0.269 e. The van der Waals surface area contributed by atoms with Crippen molar-refractivity contribution in [3.8, 4) is 17.4 Å². The first-order valence-corrected chi connectivity index (χ1v) is 10.2. The zero-order valence-corrected chi connectivity index (χ0v) is 18.0. The average Bonchev–Trinajstić information content (AvgIpc) is 2.98. The fourth-order valence-electron chi connectivity index (χ4n) is 2.98. The summed E-state index contributed by atoms with van der Waals surface area (Å²) in [5.41, 5.74) is 1.08. The number of para-hydroxylation sites is 2. The van der Waals surface area contributed by atoms with Crippen molar-refractivity contribution in [1.29, 1.82) is 0 Å². The molecular weight excluding hydrogens is 422 g/mol. The second-order valence-electron chi connectivity index (χ2n) is 6.51. The fourth-order valence-corrected chi connectivity index (χ4v) is 4.14. The van der Waals surface area contributed by atoms with E-state index in [9.17, 15) is 9.59 Å². The molecular formula is C21H17N3O4S2. The number of rotatable bonds is 4. The van der Waals surface area contributed by atoms with Crippen LogP contribution in [0.25, 0.3) is 11.7 Å². The number of fused-ring (bicyclic) bond motifs is 1. The molecule has 0 aliphatic carbocycles. The van der Waals surface area contributed by atoms with E-state index in [-0.39, 0.29) is 22.9 Å². The molecule has 3 aromatic rings. The van der Waals surface area contributed by atoms with Crippen LogP contribution in [0.4, 0.5) is 0 Å². The van der Waals surface area contributed by atoms with Gasteiger partial charge in [0.1, 0.15) is 15.5 Å². The summed E-state index contributed by atoms with van der Waals surface area (Å²) in [6.45, 7) is 1.86. The molecule has 1 fully saturated rings. The molecule has 152 valence electrons. The number of nitrogens with zero attached hydrogens (tertiary/aromatic N) is 3. The van der Waals surface area contributed by atoms with Crippen molar-refractivity contribution >= 4 is 45.9 Å². The Hall–Kier alpha value is -3.17. The van der Waals surface area contributed by atoms with Gasteiger partial charge in [-0.1, -0.05) is 42.2 Å². The molecule has 0 unspecified atom stereocenters. The summed E-state index contributed by atoms with van der Waals surface area (Å²) in [5, 5.41) is 0. The first kappa shape index (κ1) is 20.1. The summed E-state index contributed by atoms with van der Waals surface area (Å²) in [6, 6.07) is 10.7. The Morgan fingerprint density at radius 1 is 1.13 bits per heavy atom. The van der Waals surface area contributed by atoms with Crippen molar-refractivity contribution in [2.75, 3.05) is 14.2 Å². The van der Waals surface area contributed by atoms with E-state index in [1.807, 2.05) is 19.1 Å². The number of thioether (sulfide) groups is 1. The van der Waals surface area contributed by atoms with Crippen LogP contribution in [0, 0.1) is 6.92 Å². The predicted molar refractivity (Wildman–Crippen MR) is 120 cm³/mol. The summed E-state index contributed by atoms with van der Waals surface area (Å²) in [4.78, 5) is 32.1. The first-order chi connectivity index (χ1) is 14.4. The highest BCUT2D eigenvalue weighted by Crippen LogP contribution is 2.35. The number of thiocarbonyl (C=S) groups is 1. The molecule has 0 saturated carbocycles. The molecule has 2 aromatic heterocycles. The van der Waals surface area contributed by atoms with Gasteiger partial charge >= 0.3 is 0 Å². The molecule has 1 aliphatic rings. The number of hydrogen-bond acceptors (Lipinski definition) is 7. The van der Waals surface area contributed by atoms with E-state index in [0.29, 0.717) is 26.4 Å². The van der Waals surface area contributed by atoms with Crippen LogP contribution in [0.3, 0.4) is 0 Å². The summed E-state index contributed by atoms with van der Waals surface area (Å²) < 4.78 is 13.2. The molecule has 9 heteroatoms. The van der Waals surface area contributed by atoms with Crippen molar-refractivity contribution in [1.82, 2.24) is 14.3 Å². The lowest BCUT2D eigenvalue weighted by molar-refractivity contribution is -0.121. The largest absolute Gasteiger partial charge is 0.493 e. The van der Waals surface area contributed by atoms with Crippen LogP contribution in [0.15, 0.2) is 52.3 Å². The van der Waals surface area contributed by atoms with E-state index in [1.165, 1.54) is 22.5 Å². The second kappa shape index (κ2) is 7.92. The molecule has 0 radical (unpaired) electrons. The lowest BCUT2D eigenvalue weighted by Gasteiger charge is -2.13. The Labute approximate surface area is 181 Å². The van der Waals surface area contributed by atoms with Gasteiger partial charge in [0.25, 0.3) is 11.5 Å². The van der Waals surface area contributed by atoms with Crippen molar-refractivity contribution < 1.29 is 14.3 Å². The smallest absolute Gasteiger partial charge is 0.269 e. The summed E-state index contributed by atoms with van der Waals surface area (Å²) in [7, 11) is 3.13. The third kappa shape index (κ3) is 3.46. The predicted octanol–water partition coefficient (Wildman–Crippen LogP) is 3.63. The van der Waals surface area contributed by atoms with Gasteiger partial charge in [-0.15, -0.1) is 0 Å². The van der Waals surface area contributed by atoms with Crippen LogP contribution in [0.1, 0.15) is 11.1 Å². The number of carbonyl (C=O) groups is 1. The zero-order chi connectivity index (χ0) is 21.4. The van der Waals surface area contributed by atoms with Crippen LogP contribution in [0.2, 0.25) is 0 Å². The number of hydrogen-bond donors (Lipinski definition) is 0. The Morgan fingerprint density at radius 2 is 1.87 bits per heavy atom. The van der Waals surface area contributed by atoms with Crippen molar-refractivity contribution in [2.24, 2.45) is 0 Å². The quantitative estimate of drug-likeness (QED) is 0.454. The highest BCUT2D eigenvalue weighted by molar-refractivity contribution is 8.26. The van der Waals surface area contributed by atoms with Gasteiger partial charge in [0.2, 0.25) is 5.88 Å². The Kier molecular flexibility index (Phi) is 5.31. The number of likely N-dealkylation sites (N-methyl/N-ethyl adjacent to an activating group) is 1. The lowest BCUT2D eigenvalue weighted by Crippen LogP contribution is -2.23. The van der Waals surface area contributed by atoms with Gasteiger partial charge in [0.15, 0.2) is 11.5 Å². The number of carbonyl (C=O) groups excluding carboxylic acids is 1. The molecule has 30 heavy (non-hydrogen) atoms. The van der Waals surface area contributed by atoms with Crippen LogP contribution in [-0.2, 0) is 4.79 Å². The molecule has 0 spiro atoms. The first-order valence-electron chi connectivity index (χ1n) is 8.95. The number of methoxy groups -OCH3 is 1. The van der Waals surface area contributed by atoms with Gasteiger partial charge in [-0.2, -0.15) is 4.98 Å². The minimum Gasteiger partial charge on any atom is -0.493 e. The second-order valence-corrected chi connectivity index (χ2v) is 8.19. The lowest BCUT2D eigenvalue weighted by atomic mass is 10.2. The van der Waals surface area contributed by atoms with E-state index in [0.717, 1.165) is 17.3 Å². The third-order valence-corrected chi connectivity index (χ3v) is 6.07. The van der Waals surface area contributed by atoms with Crippen molar-refractivity contribution in [3.05, 3.63) is 69.0 Å². The van der Waals surface area contributed by atoms with Gasteiger partial charge in [0.05, 0.1) is 12.0 Å². The third-order valence-electron chi connectivity index (χ3n) is 4.59. The molecule has 7 nitrogen and oxygen atoms in total. The molecule has 1 aromatic carbocycles. The maximum absolute atomic E-state index is 13.3. The minimum atomic E-state index is -0.352.